The van der Waals surface area contributed by atoms with E-state index in [4.69, 9.17) is 16.3 Å². The number of ether oxygens (including phenoxy) is 1. The van der Waals surface area contributed by atoms with Crippen molar-refractivity contribution in [3.05, 3.63) is 125 Å². The molecular weight excluding hydrogens is 514 g/mol. The zero-order valence-corrected chi connectivity index (χ0v) is 20.7. The first-order chi connectivity index (χ1) is 17.8. The van der Waals surface area contributed by atoms with Crippen molar-refractivity contribution in [1.29, 1.82) is 0 Å². The Bertz CT molecular complexity index is 1540. The summed E-state index contributed by atoms with van der Waals surface area (Å²) in [7, 11) is -3.72. The summed E-state index contributed by atoms with van der Waals surface area (Å²) in [5, 5.41) is 4.23. The van der Waals surface area contributed by atoms with E-state index in [9.17, 15) is 18.0 Å². The molecule has 0 unspecified atom stereocenters. The van der Waals surface area contributed by atoms with Gasteiger partial charge in [0, 0.05) is 11.3 Å². The van der Waals surface area contributed by atoms with E-state index in [1.165, 1.54) is 42.6 Å². The summed E-state index contributed by atoms with van der Waals surface area (Å²) in [5.74, 6) is -0.716. The minimum absolute atomic E-state index is 0.137. The van der Waals surface area contributed by atoms with E-state index < -0.39 is 21.9 Å². The van der Waals surface area contributed by atoms with Crippen molar-refractivity contribution in [3.8, 4) is 5.75 Å². The third-order valence-corrected chi connectivity index (χ3v) is 6.74. The van der Waals surface area contributed by atoms with Crippen LogP contribution in [0.2, 0.25) is 5.02 Å². The maximum absolute atomic E-state index is 12.4. The van der Waals surface area contributed by atoms with Gasteiger partial charge in [-0.1, -0.05) is 41.9 Å². The molecule has 4 aromatic rings. The van der Waals surface area contributed by atoms with Crippen LogP contribution in [-0.2, 0) is 10.0 Å². The van der Waals surface area contributed by atoms with Gasteiger partial charge in [-0.05, 0) is 78.4 Å². The van der Waals surface area contributed by atoms with Crippen molar-refractivity contribution in [3.63, 3.8) is 0 Å². The van der Waals surface area contributed by atoms with E-state index in [-0.39, 0.29) is 10.5 Å². The first-order valence-electron chi connectivity index (χ1n) is 10.9. The summed E-state index contributed by atoms with van der Waals surface area (Å²) < 4.78 is 32.6. The van der Waals surface area contributed by atoms with Crippen molar-refractivity contribution in [2.45, 2.75) is 4.90 Å². The van der Waals surface area contributed by atoms with Crippen LogP contribution >= 0.6 is 11.6 Å². The maximum atomic E-state index is 12.4. The molecule has 8 nitrogen and oxygen atoms in total. The smallest absolute Gasteiger partial charge is 0.345 e. The summed E-state index contributed by atoms with van der Waals surface area (Å²) in [5.41, 5.74) is 3.94. The summed E-state index contributed by atoms with van der Waals surface area (Å²) >= 11 is 6.01. The molecule has 0 aromatic heterocycles. The molecule has 0 atom stereocenters. The lowest BCUT2D eigenvalue weighted by molar-refractivity contribution is 0.0734. The van der Waals surface area contributed by atoms with Crippen molar-refractivity contribution in [1.82, 2.24) is 5.43 Å². The number of carbonyl (C=O) groups excluding carboxylic acids is 2. The molecule has 0 aliphatic heterocycles. The molecule has 0 saturated heterocycles. The first kappa shape index (κ1) is 25.6. The predicted octanol–water partition coefficient (Wildman–Crippen LogP) is 5.12. The monoisotopic (exact) mass is 533 g/mol. The number of hydrogen-bond donors (Lipinski definition) is 2. The van der Waals surface area contributed by atoms with Crippen LogP contribution < -0.4 is 14.9 Å². The molecule has 37 heavy (non-hydrogen) atoms. The summed E-state index contributed by atoms with van der Waals surface area (Å²) in [6.07, 6.45) is 1.43. The van der Waals surface area contributed by atoms with Gasteiger partial charge < -0.3 is 4.74 Å². The number of hydrogen-bond acceptors (Lipinski definition) is 6. The fourth-order valence-corrected chi connectivity index (χ4v) is 4.44. The van der Waals surface area contributed by atoms with E-state index in [2.05, 4.69) is 15.2 Å². The van der Waals surface area contributed by atoms with Crippen molar-refractivity contribution >= 4 is 45.4 Å². The Morgan fingerprint density at radius 3 is 2.14 bits per heavy atom. The Morgan fingerprint density at radius 1 is 0.811 bits per heavy atom. The average molecular weight is 534 g/mol. The normalized spacial score (nSPS) is 11.2. The van der Waals surface area contributed by atoms with Gasteiger partial charge in [-0.2, -0.15) is 5.10 Å². The Labute approximate surface area is 218 Å². The topological polar surface area (TPSA) is 114 Å². The molecule has 0 aliphatic rings. The summed E-state index contributed by atoms with van der Waals surface area (Å²) in [6, 6.07) is 27.0. The number of benzene rings is 4. The van der Waals surface area contributed by atoms with Crippen LogP contribution in [0.15, 0.2) is 113 Å². The van der Waals surface area contributed by atoms with Gasteiger partial charge in [0.15, 0.2) is 0 Å². The number of amides is 1. The van der Waals surface area contributed by atoms with Crippen LogP contribution in [-0.4, -0.2) is 26.5 Å². The third kappa shape index (κ3) is 6.81. The number of halogens is 1. The molecule has 0 spiro atoms. The Kier molecular flexibility index (Phi) is 7.97. The van der Waals surface area contributed by atoms with E-state index in [1.54, 1.807) is 66.7 Å². The third-order valence-electron chi connectivity index (χ3n) is 5.02. The molecule has 186 valence electrons. The Morgan fingerprint density at radius 2 is 1.46 bits per heavy atom. The van der Waals surface area contributed by atoms with Crippen LogP contribution in [0.4, 0.5) is 5.69 Å². The van der Waals surface area contributed by atoms with Gasteiger partial charge in [0.25, 0.3) is 15.9 Å². The number of nitrogens with one attached hydrogen (secondary N) is 2. The van der Waals surface area contributed by atoms with Crippen LogP contribution in [0.5, 0.6) is 5.75 Å². The standard InChI is InChI=1S/C27H20ClN3O5S/c28-25-9-5-4-8-24(25)27(33)36-22-16-10-19(11-17-22)18-29-30-26(32)20-12-14-21(15-13-20)31-37(34,35)23-6-2-1-3-7-23/h1-18,31H,(H,30,32)/b29-18+. The number of sulfonamides is 1. The highest BCUT2D eigenvalue weighted by molar-refractivity contribution is 7.92. The second kappa shape index (κ2) is 11.5. The minimum atomic E-state index is -3.72. The molecule has 0 aliphatic carbocycles. The predicted molar refractivity (Wildman–Crippen MR) is 142 cm³/mol. The summed E-state index contributed by atoms with van der Waals surface area (Å²) in [4.78, 5) is 24.7. The van der Waals surface area contributed by atoms with Crippen LogP contribution in [0.1, 0.15) is 26.3 Å². The highest BCUT2D eigenvalue weighted by atomic mass is 35.5. The molecule has 0 radical (unpaired) electrons. The molecule has 2 N–H and O–H groups in total. The number of nitrogens with zero attached hydrogens (tertiary/aromatic N) is 1. The fourth-order valence-electron chi connectivity index (χ4n) is 3.14. The molecule has 0 bridgehead atoms. The van der Waals surface area contributed by atoms with Gasteiger partial charge in [-0.25, -0.2) is 18.6 Å². The molecule has 1 amide bonds. The summed E-state index contributed by atoms with van der Waals surface area (Å²) in [6.45, 7) is 0. The number of anilines is 1. The van der Waals surface area contributed by atoms with Gasteiger partial charge >= 0.3 is 5.97 Å². The fraction of sp³-hybridized carbons (Fsp3) is 0. The minimum Gasteiger partial charge on any atom is -0.423 e. The van der Waals surface area contributed by atoms with Crippen LogP contribution in [0, 0.1) is 0 Å². The molecule has 10 heteroatoms. The molecule has 4 aromatic carbocycles. The second-order valence-electron chi connectivity index (χ2n) is 7.63. The lowest BCUT2D eigenvalue weighted by atomic mass is 10.2. The quantitative estimate of drug-likeness (QED) is 0.141. The van der Waals surface area contributed by atoms with Crippen molar-refractivity contribution in [2.24, 2.45) is 5.10 Å². The van der Waals surface area contributed by atoms with E-state index >= 15 is 0 Å². The average Bonchev–Trinajstić information content (AvgIpc) is 2.90. The highest BCUT2D eigenvalue weighted by Gasteiger charge is 2.14. The van der Waals surface area contributed by atoms with E-state index in [1.807, 2.05) is 0 Å². The van der Waals surface area contributed by atoms with Gasteiger partial charge in [0.2, 0.25) is 0 Å². The lowest BCUT2D eigenvalue weighted by Crippen LogP contribution is -2.18. The number of esters is 1. The van der Waals surface area contributed by atoms with Gasteiger partial charge in [0.1, 0.15) is 5.75 Å². The number of carbonyl (C=O) groups is 2. The maximum Gasteiger partial charge on any atom is 0.345 e. The Hall–Kier alpha value is -4.47. The molecule has 0 heterocycles. The number of rotatable bonds is 8. The van der Waals surface area contributed by atoms with E-state index in [0.717, 1.165) is 0 Å². The zero-order valence-electron chi connectivity index (χ0n) is 19.2. The second-order valence-corrected chi connectivity index (χ2v) is 9.72. The largest absolute Gasteiger partial charge is 0.423 e. The van der Waals surface area contributed by atoms with Crippen molar-refractivity contribution < 1.29 is 22.7 Å². The van der Waals surface area contributed by atoms with Gasteiger partial charge in [0.05, 0.1) is 21.7 Å². The van der Waals surface area contributed by atoms with Gasteiger partial charge in [-0.15, -0.1) is 0 Å². The van der Waals surface area contributed by atoms with E-state index in [0.29, 0.717) is 27.6 Å². The SMILES string of the molecule is O=C(N/N=C/c1ccc(OC(=O)c2ccccc2Cl)cc1)c1ccc(NS(=O)(=O)c2ccccc2)cc1. The van der Waals surface area contributed by atoms with Crippen LogP contribution in [0.3, 0.4) is 0 Å². The Balaban J connectivity index is 1.31. The zero-order chi connectivity index (χ0) is 26.3. The molecule has 0 saturated carbocycles. The molecule has 0 fully saturated rings. The van der Waals surface area contributed by atoms with Crippen molar-refractivity contribution in [2.75, 3.05) is 4.72 Å². The first-order valence-corrected chi connectivity index (χ1v) is 12.8. The molecule has 4 rings (SSSR count). The highest BCUT2D eigenvalue weighted by Crippen LogP contribution is 2.19. The van der Waals surface area contributed by atoms with Gasteiger partial charge in [-0.3, -0.25) is 9.52 Å². The molecular formula is C27H20ClN3O5S. The van der Waals surface area contributed by atoms with Crippen LogP contribution in [0.25, 0.3) is 0 Å². The number of hydrazone groups is 1. The lowest BCUT2D eigenvalue weighted by Gasteiger charge is -2.08.